The first-order valence-corrected chi connectivity index (χ1v) is 5.52. The number of alkyl halides is 1. The van der Waals surface area contributed by atoms with E-state index in [1.807, 2.05) is 0 Å². The highest BCUT2D eigenvalue weighted by atomic mass is 19.1. The number of aliphatic carboxylic acids is 1. The fraction of sp³-hybridized carbons (Fsp3) is 0.909. The lowest BCUT2D eigenvalue weighted by Gasteiger charge is -2.15. The summed E-state index contributed by atoms with van der Waals surface area (Å²) < 4.78 is 13.2. The van der Waals surface area contributed by atoms with Crippen LogP contribution in [0.15, 0.2) is 0 Å². The van der Waals surface area contributed by atoms with E-state index in [4.69, 9.17) is 5.11 Å². The lowest BCUT2D eigenvalue weighted by atomic mass is 9.93. The van der Waals surface area contributed by atoms with Crippen LogP contribution in [0.4, 0.5) is 4.39 Å². The van der Waals surface area contributed by atoms with E-state index in [-0.39, 0.29) is 5.92 Å². The predicted molar refractivity (Wildman–Crippen MR) is 52.9 cm³/mol. The number of carboxylic acid groups (broad SMARTS) is 1. The first kappa shape index (κ1) is 11.5. The average Bonchev–Trinajstić information content (AvgIpc) is 2.41. The summed E-state index contributed by atoms with van der Waals surface area (Å²) in [4.78, 5) is 10.5. The van der Waals surface area contributed by atoms with Crippen LogP contribution in [0, 0.1) is 11.8 Å². The number of carboxylic acids is 1. The second-order valence-electron chi connectivity index (χ2n) is 4.28. The Balaban J connectivity index is 2.45. The number of hydrogen-bond donors (Lipinski definition) is 1. The highest BCUT2D eigenvalue weighted by Crippen LogP contribution is 2.31. The van der Waals surface area contributed by atoms with Gasteiger partial charge < -0.3 is 5.11 Å². The van der Waals surface area contributed by atoms with E-state index in [0.717, 1.165) is 38.5 Å². The maximum absolute atomic E-state index is 13.2. The van der Waals surface area contributed by atoms with Gasteiger partial charge in [0.05, 0.1) is 0 Å². The van der Waals surface area contributed by atoms with Crippen molar-refractivity contribution in [2.75, 3.05) is 0 Å². The number of hydrogen-bond acceptors (Lipinski definition) is 1. The molecule has 0 heterocycles. The van der Waals surface area contributed by atoms with Crippen molar-refractivity contribution in [3.8, 4) is 0 Å². The Morgan fingerprint density at radius 3 is 2.71 bits per heavy atom. The van der Waals surface area contributed by atoms with E-state index in [1.165, 1.54) is 0 Å². The molecule has 0 aromatic carbocycles. The Kier molecular flexibility index (Phi) is 4.36. The van der Waals surface area contributed by atoms with Gasteiger partial charge in [-0.05, 0) is 18.8 Å². The van der Waals surface area contributed by atoms with E-state index in [2.05, 4.69) is 6.92 Å². The van der Waals surface area contributed by atoms with E-state index in [1.54, 1.807) is 0 Å². The minimum Gasteiger partial charge on any atom is -0.479 e. The molecule has 1 aliphatic carbocycles. The SMILES string of the molecule is CCC1CCCC(C(F)C(=O)O)CC1. The Morgan fingerprint density at radius 1 is 1.43 bits per heavy atom. The molecule has 0 aromatic heterocycles. The zero-order valence-electron chi connectivity index (χ0n) is 8.71. The van der Waals surface area contributed by atoms with Crippen molar-refractivity contribution in [2.45, 2.75) is 51.6 Å². The smallest absolute Gasteiger partial charge is 0.338 e. The summed E-state index contributed by atoms with van der Waals surface area (Å²) in [5, 5.41) is 8.57. The lowest BCUT2D eigenvalue weighted by molar-refractivity contribution is -0.145. The van der Waals surface area contributed by atoms with Gasteiger partial charge in [0.15, 0.2) is 6.17 Å². The van der Waals surface area contributed by atoms with E-state index < -0.39 is 12.1 Å². The van der Waals surface area contributed by atoms with Crippen LogP contribution in [-0.2, 0) is 4.79 Å². The molecule has 0 radical (unpaired) electrons. The summed E-state index contributed by atoms with van der Waals surface area (Å²) in [5.74, 6) is -0.852. The molecule has 1 aliphatic rings. The third kappa shape index (κ3) is 2.96. The highest BCUT2D eigenvalue weighted by Gasteiger charge is 2.29. The van der Waals surface area contributed by atoms with Crippen molar-refractivity contribution in [1.82, 2.24) is 0 Å². The van der Waals surface area contributed by atoms with E-state index in [9.17, 15) is 9.18 Å². The second-order valence-corrected chi connectivity index (χ2v) is 4.28. The Morgan fingerprint density at radius 2 is 2.14 bits per heavy atom. The standard InChI is InChI=1S/C11H19FO2/c1-2-8-4-3-5-9(7-6-8)10(12)11(13)14/h8-10H,2-7H2,1H3,(H,13,14). The molecule has 0 saturated heterocycles. The van der Waals surface area contributed by atoms with Crippen molar-refractivity contribution < 1.29 is 14.3 Å². The van der Waals surface area contributed by atoms with Gasteiger partial charge in [0.2, 0.25) is 0 Å². The molecular weight excluding hydrogens is 183 g/mol. The highest BCUT2D eigenvalue weighted by molar-refractivity contribution is 5.72. The van der Waals surface area contributed by atoms with Gasteiger partial charge in [-0.25, -0.2) is 9.18 Å². The van der Waals surface area contributed by atoms with Gasteiger partial charge in [-0.15, -0.1) is 0 Å². The number of carbonyl (C=O) groups is 1. The van der Waals surface area contributed by atoms with Gasteiger partial charge in [-0.3, -0.25) is 0 Å². The first-order valence-electron chi connectivity index (χ1n) is 5.52. The molecule has 0 bridgehead atoms. The molecule has 2 nitrogen and oxygen atoms in total. The van der Waals surface area contributed by atoms with Crippen LogP contribution in [-0.4, -0.2) is 17.2 Å². The molecule has 82 valence electrons. The van der Waals surface area contributed by atoms with Crippen molar-refractivity contribution >= 4 is 5.97 Å². The topological polar surface area (TPSA) is 37.3 Å². The van der Waals surface area contributed by atoms with Crippen LogP contribution in [0.3, 0.4) is 0 Å². The van der Waals surface area contributed by atoms with Crippen LogP contribution in [0.5, 0.6) is 0 Å². The van der Waals surface area contributed by atoms with Crippen molar-refractivity contribution in [3.05, 3.63) is 0 Å². The van der Waals surface area contributed by atoms with Crippen LogP contribution in [0.1, 0.15) is 45.4 Å². The molecular formula is C11H19FO2. The zero-order valence-corrected chi connectivity index (χ0v) is 8.71. The maximum atomic E-state index is 13.2. The molecule has 14 heavy (non-hydrogen) atoms. The maximum Gasteiger partial charge on any atom is 0.338 e. The summed E-state index contributed by atoms with van der Waals surface area (Å²) in [6.07, 6.45) is 4.09. The Hall–Kier alpha value is -0.600. The molecule has 1 saturated carbocycles. The molecule has 3 heteroatoms. The van der Waals surface area contributed by atoms with Crippen molar-refractivity contribution in [1.29, 1.82) is 0 Å². The Bertz CT molecular complexity index is 194. The Labute approximate surface area is 84.5 Å². The third-order valence-electron chi connectivity index (χ3n) is 3.36. The molecule has 0 spiro atoms. The summed E-state index contributed by atoms with van der Waals surface area (Å²) in [6.45, 7) is 2.15. The molecule has 1 fully saturated rings. The minimum atomic E-state index is -1.65. The summed E-state index contributed by atoms with van der Waals surface area (Å²) in [5.41, 5.74) is 0. The summed E-state index contributed by atoms with van der Waals surface area (Å²) >= 11 is 0. The zero-order chi connectivity index (χ0) is 10.6. The summed E-state index contributed by atoms with van der Waals surface area (Å²) in [7, 11) is 0. The quantitative estimate of drug-likeness (QED) is 0.714. The second kappa shape index (κ2) is 5.32. The minimum absolute atomic E-state index is 0.246. The average molecular weight is 202 g/mol. The molecule has 3 atom stereocenters. The van der Waals surface area contributed by atoms with E-state index >= 15 is 0 Å². The van der Waals surface area contributed by atoms with Gasteiger partial charge in [0.1, 0.15) is 0 Å². The lowest BCUT2D eigenvalue weighted by Crippen LogP contribution is -2.24. The van der Waals surface area contributed by atoms with E-state index in [0.29, 0.717) is 5.92 Å². The van der Waals surface area contributed by atoms with Crippen LogP contribution < -0.4 is 0 Å². The van der Waals surface area contributed by atoms with Crippen LogP contribution >= 0.6 is 0 Å². The predicted octanol–water partition coefficient (Wildman–Crippen LogP) is 3.02. The molecule has 0 aromatic rings. The molecule has 1 N–H and O–H groups in total. The number of halogens is 1. The number of rotatable bonds is 3. The normalized spacial score (nSPS) is 30.7. The van der Waals surface area contributed by atoms with Crippen molar-refractivity contribution in [3.63, 3.8) is 0 Å². The first-order chi connectivity index (χ1) is 6.65. The van der Waals surface area contributed by atoms with Crippen LogP contribution in [0.25, 0.3) is 0 Å². The largest absolute Gasteiger partial charge is 0.479 e. The van der Waals surface area contributed by atoms with Crippen molar-refractivity contribution in [2.24, 2.45) is 11.8 Å². The van der Waals surface area contributed by atoms with Gasteiger partial charge in [0.25, 0.3) is 0 Å². The monoisotopic (exact) mass is 202 g/mol. The summed E-state index contributed by atoms with van der Waals surface area (Å²) in [6, 6.07) is 0. The molecule has 3 unspecified atom stereocenters. The third-order valence-corrected chi connectivity index (χ3v) is 3.36. The molecule has 1 rings (SSSR count). The van der Waals surface area contributed by atoms with Gasteiger partial charge in [-0.2, -0.15) is 0 Å². The van der Waals surface area contributed by atoms with Gasteiger partial charge in [-0.1, -0.05) is 32.6 Å². The van der Waals surface area contributed by atoms with Gasteiger partial charge >= 0.3 is 5.97 Å². The van der Waals surface area contributed by atoms with Crippen LogP contribution in [0.2, 0.25) is 0 Å². The van der Waals surface area contributed by atoms with Gasteiger partial charge in [0, 0.05) is 5.92 Å². The fourth-order valence-electron chi connectivity index (χ4n) is 2.31. The fourth-order valence-corrected chi connectivity index (χ4v) is 2.31. The molecule has 0 amide bonds. The molecule has 0 aliphatic heterocycles.